The fourth-order valence-electron chi connectivity index (χ4n) is 3.08. The molecule has 30 heavy (non-hydrogen) atoms. The van der Waals surface area contributed by atoms with E-state index in [1.54, 1.807) is 23.7 Å². The first kappa shape index (κ1) is 21.0. The largest absolute Gasteiger partial charge is 0.329 e. The van der Waals surface area contributed by atoms with E-state index in [2.05, 4.69) is 27.4 Å². The van der Waals surface area contributed by atoms with Crippen LogP contribution in [0.2, 0.25) is 0 Å². The topological polar surface area (TPSA) is 140 Å². The number of hydrazone groups is 1. The molecular weight excluding hydrogens is 390 g/mol. The number of rotatable bonds is 9. The zero-order chi connectivity index (χ0) is 21.7. The summed E-state index contributed by atoms with van der Waals surface area (Å²) in [4.78, 5) is 41.3. The minimum absolute atomic E-state index is 0.00544. The number of H-pyrrole nitrogens is 1. The molecule has 0 aliphatic carbocycles. The number of nitro groups is 1. The molecule has 0 saturated heterocycles. The second-order valence-corrected chi connectivity index (χ2v) is 6.86. The van der Waals surface area contributed by atoms with Crippen LogP contribution in [0.15, 0.2) is 39.0 Å². The highest BCUT2D eigenvalue weighted by atomic mass is 16.6. The minimum atomic E-state index is -0.538. The number of aryl methyl sites for hydroxylation is 2. The Morgan fingerprint density at radius 3 is 2.63 bits per heavy atom. The van der Waals surface area contributed by atoms with Gasteiger partial charge in [-0.05, 0) is 24.1 Å². The maximum atomic E-state index is 12.4. The summed E-state index contributed by atoms with van der Waals surface area (Å²) in [5.41, 5.74) is 3.02. The molecule has 2 heterocycles. The number of aromatic nitrogens is 4. The molecule has 11 heteroatoms. The van der Waals surface area contributed by atoms with Gasteiger partial charge < -0.3 is 4.57 Å². The van der Waals surface area contributed by atoms with E-state index in [0.29, 0.717) is 23.6 Å². The molecule has 0 amide bonds. The number of nitrogens with zero attached hydrogens (tertiary/aromatic N) is 5. The van der Waals surface area contributed by atoms with E-state index in [4.69, 9.17) is 0 Å². The molecule has 0 bridgehead atoms. The molecule has 2 N–H and O–H groups in total. The SMILES string of the molecule is CCCCCCn1c(NN=Cc2ccc([N+](=O)[O-])cc2)nc2c1c(=O)[nH]c(=O)n2C. The summed E-state index contributed by atoms with van der Waals surface area (Å²) in [7, 11) is 1.54. The summed E-state index contributed by atoms with van der Waals surface area (Å²) in [6, 6.07) is 5.93. The van der Waals surface area contributed by atoms with Gasteiger partial charge in [-0.1, -0.05) is 26.2 Å². The first-order valence-corrected chi connectivity index (χ1v) is 9.65. The van der Waals surface area contributed by atoms with Crippen LogP contribution in [-0.4, -0.2) is 30.2 Å². The molecule has 0 unspecified atom stereocenters. The molecule has 3 rings (SSSR count). The van der Waals surface area contributed by atoms with Crippen molar-refractivity contribution >= 4 is 29.0 Å². The van der Waals surface area contributed by atoms with Gasteiger partial charge in [-0.3, -0.25) is 24.5 Å². The summed E-state index contributed by atoms with van der Waals surface area (Å²) < 4.78 is 3.00. The lowest BCUT2D eigenvalue weighted by molar-refractivity contribution is -0.384. The van der Waals surface area contributed by atoms with Gasteiger partial charge >= 0.3 is 5.69 Å². The van der Waals surface area contributed by atoms with E-state index < -0.39 is 16.2 Å². The maximum absolute atomic E-state index is 12.4. The lowest BCUT2D eigenvalue weighted by Gasteiger charge is -2.07. The van der Waals surface area contributed by atoms with Crippen LogP contribution in [0.3, 0.4) is 0 Å². The van der Waals surface area contributed by atoms with Crippen LogP contribution in [0.5, 0.6) is 0 Å². The van der Waals surface area contributed by atoms with Crippen LogP contribution >= 0.6 is 0 Å². The normalized spacial score (nSPS) is 11.4. The summed E-state index contributed by atoms with van der Waals surface area (Å²) in [6.45, 7) is 2.67. The Kier molecular flexibility index (Phi) is 6.40. The van der Waals surface area contributed by atoms with Gasteiger partial charge in [0.25, 0.3) is 11.2 Å². The van der Waals surface area contributed by atoms with Gasteiger partial charge in [-0.15, -0.1) is 0 Å². The highest BCUT2D eigenvalue weighted by molar-refractivity contribution is 5.81. The molecule has 3 aromatic rings. The van der Waals surface area contributed by atoms with E-state index >= 15 is 0 Å². The second-order valence-electron chi connectivity index (χ2n) is 6.86. The van der Waals surface area contributed by atoms with Crippen LogP contribution in [0, 0.1) is 10.1 Å². The Balaban J connectivity index is 1.90. The predicted molar refractivity (Wildman–Crippen MR) is 114 cm³/mol. The monoisotopic (exact) mass is 413 g/mol. The first-order valence-electron chi connectivity index (χ1n) is 9.65. The van der Waals surface area contributed by atoms with Crippen molar-refractivity contribution in [1.29, 1.82) is 0 Å². The summed E-state index contributed by atoms with van der Waals surface area (Å²) in [5.74, 6) is 0.339. The van der Waals surface area contributed by atoms with Crippen molar-refractivity contribution in [2.24, 2.45) is 12.1 Å². The number of anilines is 1. The molecule has 11 nitrogen and oxygen atoms in total. The number of imidazole rings is 1. The second kappa shape index (κ2) is 9.16. The number of non-ortho nitro benzene ring substituents is 1. The van der Waals surface area contributed by atoms with E-state index in [1.165, 1.54) is 22.9 Å². The Hall–Kier alpha value is -3.76. The highest BCUT2D eigenvalue weighted by Gasteiger charge is 2.16. The molecule has 0 saturated carbocycles. The van der Waals surface area contributed by atoms with Crippen molar-refractivity contribution < 1.29 is 4.92 Å². The molecule has 0 fully saturated rings. The average Bonchev–Trinajstić information content (AvgIpc) is 3.09. The Morgan fingerprint density at radius 2 is 1.97 bits per heavy atom. The van der Waals surface area contributed by atoms with Crippen LogP contribution in [-0.2, 0) is 13.6 Å². The van der Waals surface area contributed by atoms with Crippen LogP contribution in [0.1, 0.15) is 38.2 Å². The van der Waals surface area contributed by atoms with Gasteiger partial charge in [-0.2, -0.15) is 10.1 Å². The molecule has 0 aliphatic heterocycles. The van der Waals surface area contributed by atoms with E-state index in [0.717, 1.165) is 25.7 Å². The van der Waals surface area contributed by atoms with Crippen molar-refractivity contribution in [2.45, 2.75) is 39.2 Å². The third kappa shape index (κ3) is 4.45. The lowest BCUT2D eigenvalue weighted by Crippen LogP contribution is -2.29. The summed E-state index contributed by atoms with van der Waals surface area (Å²) in [6.07, 6.45) is 5.52. The van der Waals surface area contributed by atoms with Gasteiger partial charge in [0.15, 0.2) is 11.2 Å². The van der Waals surface area contributed by atoms with Gasteiger partial charge in [0, 0.05) is 25.7 Å². The van der Waals surface area contributed by atoms with Crippen molar-refractivity contribution in [1.82, 2.24) is 19.1 Å². The van der Waals surface area contributed by atoms with Gasteiger partial charge in [0.1, 0.15) is 0 Å². The Labute approximate surface area is 171 Å². The maximum Gasteiger partial charge on any atom is 0.329 e. The fourth-order valence-corrected chi connectivity index (χ4v) is 3.08. The van der Waals surface area contributed by atoms with Crippen LogP contribution < -0.4 is 16.7 Å². The molecule has 0 atom stereocenters. The van der Waals surface area contributed by atoms with Crippen molar-refractivity contribution in [2.75, 3.05) is 5.43 Å². The first-order chi connectivity index (χ1) is 14.4. The summed E-state index contributed by atoms with van der Waals surface area (Å²) in [5, 5.41) is 14.9. The number of hydrogen-bond acceptors (Lipinski definition) is 7. The number of unbranched alkanes of at least 4 members (excludes halogenated alkanes) is 3. The lowest BCUT2D eigenvalue weighted by atomic mass is 10.2. The molecular formula is C19H23N7O4. The number of fused-ring (bicyclic) bond motifs is 1. The average molecular weight is 413 g/mol. The van der Waals surface area contributed by atoms with Crippen LogP contribution in [0.4, 0.5) is 11.6 Å². The third-order valence-electron chi connectivity index (χ3n) is 4.72. The molecule has 1 aromatic carbocycles. The molecule has 158 valence electrons. The van der Waals surface area contributed by atoms with Crippen molar-refractivity contribution in [3.05, 3.63) is 60.8 Å². The predicted octanol–water partition coefficient (Wildman–Crippen LogP) is 2.36. The van der Waals surface area contributed by atoms with Crippen molar-refractivity contribution in [3.8, 4) is 0 Å². The standard InChI is InChI=1S/C19H23N7O4/c1-3-4-5-6-11-25-15-16(24(2)19(28)22-17(15)27)21-18(25)23-20-12-13-7-9-14(10-8-13)26(29)30/h7-10,12H,3-6,11H2,1-2H3,(H,21,23)(H,22,27,28). The summed E-state index contributed by atoms with van der Waals surface area (Å²) >= 11 is 0. The molecule has 2 aromatic heterocycles. The number of aromatic amines is 1. The minimum Gasteiger partial charge on any atom is -0.303 e. The van der Waals surface area contributed by atoms with E-state index in [1.807, 2.05) is 0 Å². The fraction of sp³-hybridized carbons (Fsp3) is 0.368. The van der Waals surface area contributed by atoms with E-state index in [9.17, 15) is 19.7 Å². The van der Waals surface area contributed by atoms with Gasteiger partial charge in [0.05, 0.1) is 11.1 Å². The quantitative estimate of drug-likeness (QED) is 0.239. The molecule has 0 spiro atoms. The molecule has 0 radical (unpaired) electrons. The Bertz CT molecular complexity index is 1190. The number of hydrogen-bond donors (Lipinski definition) is 2. The number of nitro benzene ring substituents is 1. The van der Waals surface area contributed by atoms with E-state index in [-0.39, 0.29) is 11.3 Å². The highest BCUT2D eigenvalue weighted by Crippen LogP contribution is 2.17. The number of nitrogens with one attached hydrogen (secondary N) is 2. The zero-order valence-corrected chi connectivity index (χ0v) is 16.8. The van der Waals surface area contributed by atoms with Gasteiger partial charge in [0.2, 0.25) is 5.95 Å². The third-order valence-corrected chi connectivity index (χ3v) is 4.72. The Morgan fingerprint density at radius 1 is 1.23 bits per heavy atom. The van der Waals surface area contributed by atoms with Crippen LogP contribution in [0.25, 0.3) is 11.2 Å². The zero-order valence-electron chi connectivity index (χ0n) is 16.8. The van der Waals surface area contributed by atoms with Crippen molar-refractivity contribution in [3.63, 3.8) is 0 Å². The van der Waals surface area contributed by atoms with Gasteiger partial charge in [-0.25, -0.2) is 10.2 Å². The number of benzene rings is 1. The smallest absolute Gasteiger partial charge is 0.303 e. The molecule has 0 aliphatic rings.